The first-order valence-electron chi connectivity index (χ1n) is 10.7. The molecule has 5 atom stereocenters. The summed E-state index contributed by atoms with van der Waals surface area (Å²) >= 11 is 0. The molecular formula is C23H28N2O5. The summed E-state index contributed by atoms with van der Waals surface area (Å²) in [5.74, 6) is -2.01. The second kappa shape index (κ2) is 7.85. The topological polar surface area (TPSA) is 92.8 Å². The van der Waals surface area contributed by atoms with Gasteiger partial charge in [-0.2, -0.15) is 0 Å². The molecule has 4 rings (SSSR count). The molecule has 1 N–H and O–H groups in total. The Morgan fingerprint density at radius 3 is 2.17 bits per heavy atom. The van der Waals surface area contributed by atoms with E-state index in [0.29, 0.717) is 5.69 Å². The molecule has 3 amide bonds. The van der Waals surface area contributed by atoms with E-state index >= 15 is 0 Å². The Morgan fingerprint density at radius 1 is 1.07 bits per heavy atom. The Bertz CT molecular complexity index is 850. The van der Waals surface area contributed by atoms with Gasteiger partial charge in [0.25, 0.3) is 5.91 Å². The van der Waals surface area contributed by atoms with Crippen molar-refractivity contribution in [2.24, 2.45) is 29.6 Å². The van der Waals surface area contributed by atoms with Crippen LogP contribution in [0.1, 0.15) is 38.7 Å². The van der Waals surface area contributed by atoms with Gasteiger partial charge < -0.3 is 10.1 Å². The highest BCUT2D eigenvalue weighted by Gasteiger charge is 2.62. The van der Waals surface area contributed by atoms with Crippen LogP contribution in [0.3, 0.4) is 0 Å². The highest BCUT2D eigenvalue weighted by molar-refractivity contribution is 6.08. The normalized spacial score (nSPS) is 28.1. The van der Waals surface area contributed by atoms with Crippen LogP contribution in [0.5, 0.6) is 0 Å². The Kier molecular flexibility index (Phi) is 5.38. The van der Waals surface area contributed by atoms with Crippen molar-refractivity contribution in [1.29, 1.82) is 0 Å². The SMILES string of the molecule is Cc1ccc(NC(=O)COC(=O)[C@H](C(C)C)N2C(=O)[C@H]3[C@H]4CC[C@@H](C4)[C@@H]3C2=O)cc1. The molecule has 3 aliphatic rings. The minimum atomic E-state index is -0.998. The summed E-state index contributed by atoms with van der Waals surface area (Å²) in [5, 5.41) is 2.67. The maximum absolute atomic E-state index is 13.1. The molecule has 30 heavy (non-hydrogen) atoms. The molecule has 2 bridgehead atoms. The number of likely N-dealkylation sites (tertiary alicyclic amines) is 1. The number of hydrogen-bond acceptors (Lipinski definition) is 5. The van der Waals surface area contributed by atoms with Gasteiger partial charge in [-0.3, -0.25) is 19.3 Å². The Labute approximate surface area is 176 Å². The van der Waals surface area contributed by atoms with Crippen molar-refractivity contribution in [2.45, 2.75) is 46.1 Å². The van der Waals surface area contributed by atoms with Gasteiger partial charge in [0.15, 0.2) is 6.61 Å². The second-order valence-corrected chi connectivity index (χ2v) is 9.14. The van der Waals surface area contributed by atoms with Crippen molar-refractivity contribution >= 4 is 29.4 Å². The van der Waals surface area contributed by atoms with E-state index in [1.807, 2.05) is 19.1 Å². The Balaban J connectivity index is 1.41. The summed E-state index contributed by atoms with van der Waals surface area (Å²) in [6, 6.07) is 6.26. The van der Waals surface area contributed by atoms with Crippen LogP contribution in [0.25, 0.3) is 0 Å². The second-order valence-electron chi connectivity index (χ2n) is 9.14. The van der Waals surface area contributed by atoms with Gasteiger partial charge in [0, 0.05) is 5.69 Å². The number of imide groups is 1. The first kappa shape index (κ1) is 20.6. The van der Waals surface area contributed by atoms with E-state index in [-0.39, 0.29) is 41.4 Å². The van der Waals surface area contributed by atoms with Gasteiger partial charge in [-0.1, -0.05) is 31.5 Å². The van der Waals surface area contributed by atoms with E-state index in [0.717, 1.165) is 29.7 Å². The minimum absolute atomic E-state index is 0.239. The number of anilines is 1. The van der Waals surface area contributed by atoms with Gasteiger partial charge in [-0.15, -0.1) is 0 Å². The van der Waals surface area contributed by atoms with Gasteiger partial charge >= 0.3 is 5.97 Å². The zero-order valence-electron chi connectivity index (χ0n) is 17.6. The number of carbonyl (C=O) groups is 4. The molecule has 1 saturated heterocycles. The van der Waals surface area contributed by atoms with E-state index in [4.69, 9.17) is 4.74 Å². The van der Waals surface area contributed by atoms with Crippen LogP contribution < -0.4 is 5.32 Å². The van der Waals surface area contributed by atoms with E-state index < -0.39 is 24.5 Å². The number of nitrogens with one attached hydrogen (secondary N) is 1. The molecule has 3 fully saturated rings. The van der Waals surface area contributed by atoms with Crippen LogP contribution in [0.2, 0.25) is 0 Å². The lowest BCUT2D eigenvalue weighted by Crippen LogP contribution is -2.50. The Hall–Kier alpha value is -2.70. The fourth-order valence-corrected chi connectivity index (χ4v) is 5.44. The van der Waals surface area contributed by atoms with Crippen LogP contribution in [0.15, 0.2) is 24.3 Å². The number of hydrogen-bond donors (Lipinski definition) is 1. The third-order valence-corrected chi connectivity index (χ3v) is 6.79. The molecule has 1 heterocycles. The van der Waals surface area contributed by atoms with Gasteiger partial charge in [0.1, 0.15) is 6.04 Å². The molecular weight excluding hydrogens is 384 g/mol. The van der Waals surface area contributed by atoms with Crippen molar-refractivity contribution in [1.82, 2.24) is 4.90 Å². The van der Waals surface area contributed by atoms with Crippen LogP contribution in [0, 0.1) is 36.5 Å². The smallest absolute Gasteiger partial charge is 0.330 e. The number of benzene rings is 1. The van der Waals surface area contributed by atoms with Crippen molar-refractivity contribution in [2.75, 3.05) is 11.9 Å². The monoisotopic (exact) mass is 412 g/mol. The lowest BCUT2D eigenvalue weighted by Gasteiger charge is -2.28. The van der Waals surface area contributed by atoms with Crippen LogP contribution in [-0.4, -0.2) is 41.2 Å². The number of carbonyl (C=O) groups excluding carboxylic acids is 4. The average molecular weight is 412 g/mol. The number of nitrogens with zero attached hydrogens (tertiary/aromatic N) is 1. The molecule has 7 heteroatoms. The molecule has 0 radical (unpaired) electrons. The van der Waals surface area contributed by atoms with E-state index in [2.05, 4.69) is 5.32 Å². The van der Waals surface area contributed by atoms with Crippen molar-refractivity contribution in [3.63, 3.8) is 0 Å². The van der Waals surface area contributed by atoms with Crippen LogP contribution >= 0.6 is 0 Å². The summed E-state index contributed by atoms with van der Waals surface area (Å²) in [4.78, 5) is 52.2. The van der Waals surface area contributed by atoms with Gasteiger partial charge in [0.05, 0.1) is 11.8 Å². The lowest BCUT2D eigenvalue weighted by molar-refractivity contribution is -0.162. The number of rotatable bonds is 6. The summed E-state index contributed by atoms with van der Waals surface area (Å²) in [5.41, 5.74) is 1.67. The highest BCUT2D eigenvalue weighted by Crippen LogP contribution is 2.56. The predicted molar refractivity (Wildman–Crippen MR) is 109 cm³/mol. The number of aryl methyl sites for hydroxylation is 1. The van der Waals surface area contributed by atoms with Gasteiger partial charge in [-0.25, -0.2) is 4.79 Å². The number of amides is 3. The summed E-state index contributed by atoms with van der Waals surface area (Å²) in [6.07, 6.45) is 2.90. The van der Waals surface area contributed by atoms with Gasteiger partial charge in [0.2, 0.25) is 11.8 Å². The zero-order chi connectivity index (χ0) is 21.6. The minimum Gasteiger partial charge on any atom is -0.454 e. The molecule has 1 aromatic carbocycles. The van der Waals surface area contributed by atoms with Crippen molar-refractivity contribution in [3.05, 3.63) is 29.8 Å². The summed E-state index contributed by atoms with van der Waals surface area (Å²) in [6.45, 7) is 5.04. The van der Waals surface area contributed by atoms with E-state index in [1.165, 1.54) is 0 Å². The first-order chi connectivity index (χ1) is 14.3. The number of fused-ring (bicyclic) bond motifs is 5. The molecule has 2 saturated carbocycles. The maximum Gasteiger partial charge on any atom is 0.330 e. The first-order valence-corrected chi connectivity index (χ1v) is 10.7. The van der Waals surface area contributed by atoms with Crippen molar-refractivity contribution in [3.8, 4) is 0 Å². The quantitative estimate of drug-likeness (QED) is 0.573. The fourth-order valence-electron chi connectivity index (χ4n) is 5.44. The maximum atomic E-state index is 13.1. The largest absolute Gasteiger partial charge is 0.454 e. The molecule has 7 nitrogen and oxygen atoms in total. The molecule has 0 spiro atoms. The Morgan fingerprint density at radius 2 is 1.63 bits per heavy atom. The molecule has 160 valence electrons. The fraction of sp³-hybridized carbons (Fsp3) is 0.565. The molecule has 0 unspecified atom stereocenters. The molecule has 2 aliphatic carbocycles. The zero-order valence-corrected chi connectivity index (χ0v) is 17.6. The van der Waals surface area contributed by atoms with E-state index in [9.17, 15) is 19.2 Å². The van der Waals surface area contributed by atoms with E-state index in [1.54, 1.807) is 26.0 Å². The average Bonchev–Trinajstić information content (AvgIpc) is 3.38. The third kappa shape index (κ3) is 3.50. The summed E-state index contributed by atoms with van der Waals surface area (Å²) in [7, 11) is 0. The lowest BCUT2D eigenvalue weighted by atomic mass is 9.81. The van der Waals surface area contributed by atoms with Crippen LogP contribution in [0.4, 0.5) is 5.69 Å². The van der Waals surface area contributed by atoms with Crippen LogP contribution in [-0.2, 0) is 23.9 Å². The third-order valence-electron chi connectivity index (χ3n) is 6.79. The number of ether oxygens (including phenoxy) is 1. The standard InChI is InChI=1S/C23H28N2O5/c1-12(2)20(23(29)30-11-17(26)24-16-8-4-13(3)5-9-16)25-21(27)18-14-6-7-15(10-14)19(18)22(25)28/h4-5,8-9,12,14-15,18-20H,6-7,10-11H2,1-3H3,(H,24,26)/t14-,15-,18-,19-,20-/m0/s1. The van der Waals surface area contributed by atoms with Crippen molar-refractivity contribution < 1.29 is 23.9 Å². The molecule has 1 aromatic rings. The summed E-state index contributed by atoms with van der Waals surface area (Å²) < 4.78 is 5.23. The molecule has 0 aromatic heterocycles. The predicted octanol–water partition coefficient (Wildman–Crippen LogP) is 2.53. The highest BCUT2D eigenvalue weighted by atomic mass is 16.5. The van der Waals surface area contributed by atoms with Gasteiger partial charge in [-0.05, 0) is 56.1 Å². The molecule has 1 aliphatic heterocycles. The number of esters is 1.